The van der Waals surface area contributed by atoms with Crippen LogP contribution in [0.4, 0.5) is 4.39 Å². The van der Waals surface area contributed by atoms with Gasteiger partial charge in [0.25, 0.3) is 11.8 Å². The summed E-state index contributed by atoms with van der Waals surface area (Å²) in [5.74, 6) is 0.00950. The van der Waals surface area contributed by atoms with E-state index in [9.17, 15) is 24.2 Å². The largest absolute Gasteiger partial charge is 0.392 e. The van der Waals surface area contributed by atoms with Crippen LogP contribution >= 0.6 is 0 Å². The van der Waals surface area contributed by atoms with Crippen molar-refractivity contribution in [1.29, 1.82) is 0 Å². The van der Waals surface area contributed by atoms with Crippen molar-refractivity contribution in [3.63, 3.8) is 0 Å². The highest BCUT2D eigenvalue weighted by atomic mass is 19.1. The molecule has 0 saturated carbocycles. The Morgan fingerprint density at radius 2 is 1.78 bits per heavy atom. The van der Waals surface area contributed by atoms with Crippen molar-refractivity contribution in [2.24, 2.45) is 11.8 Å². The number of aromatic nitrogens is 2. The summed E-state index contributed by atoms with van der Waals surface area (Å²) in [6.45, 7) is 15.2. The molecule has 5 rings (SSSR count). The van der Waals surface area contributed by atoms with Crippen LogP contribution in [-0.2, 0) is 11.2 Å². The van der Waals surface area contributed by atoms with E-state index in [1.807, 2.05) is 30.8 Å². The fourth-order valence-corrected chi connectivity index (χ4v) is 7.28. The maximum Gasteiger partial charge on any atom is 0.256 e. The Labute approximate surface area is 272 Å². The molecule has 0 aliphatic carbocycles. The minimum atomic E-state index is -1.33. The molecule has 2 fully saturated rings. The van der Waals surface area contributed by atoms with Gasteiger partial charge in [0.2, 0.25) is 0 Å². The second-order valence-electron chi connectivity index (χ2n) is 14.3. The summed E-state index contributed by atoms with van der Waals surface area (Å²) in [6.07, 6.45) is 8.94. The highest BCUT2D eigenvalue weighted by Gasteiger charge is 2.34. The zero-order chi connectivity index (χ0) is 33.3. The fourth-order valence-electron chi connectivity index (χ4n) is 7.28. The predicted molar refractivity (Wildman–Crippen MR) is 177 cm³/mol. The fraction of sp³-hybridized carbons (Fsp3) is 0.583. The lowest BCUT2D eigenvalue weighted by Crippen LogP contribution is -2.49. The van der Waals surface area contributed by atoms with Gasteiger partial charge in [-0.25, -0.2) is 4.39 Å². The maximum atomic E-state index is 14.6. The molecule has 2 amide bonds. The average Bonchev–Trinajstić information content (AvgIpc) is 3.59. The van der Waals surface area contributed by atoms with Crippen LogP contribution in [0.15, 0.2) is 36.8 Å². The number of halogens is 1. The molecule has 2 aliphatic heterocycles. The molecule has 2 aromatic heterocycles. The zero-order valence-corrected chi connectivity index (χ0v) is 28.2. The van der Waals surface area contributed by atoms with Gasteiger partial charge < -0.3 is 29.5 Å². The number of amides is 2. The van der Waals surface area contributed by atoms with Crippen LogP contribution < -0.4 is 0 Å². The van der Waals surface area contributed by atoms with Crippen molar-refractivity contribution in [2.45, 2.75) is 85.0 Å². The molecule has 9 nitrogen and oxygen atoms in total. The van der Waals surface area contributed by atoms with Crippen LogP contribution in [-0.4, -0.2) is 103 Å². The van der Waals surface area contributed by atoms with Crippen LogP contribution in [0.5, 0.6) is 0 Å². The van der Waals surface area contributed by atoms with Gasteiger partial charge >= 0.3 is 0 Å². The second kappa shape index (κ2) is 13.8. The summed E-state index contributed by atoms with van der Waals surface area (Å²) in [5, 5.41) is 21.3. The normalized spacial score (nSPS) is 18.9. The molecule has 0 bridgehead atoms. The number of aliphatic hydroxyl groups is 2. The number of fused-ring (bicyclic) bond motifs is 1. The maximum absolute atomic E-state index is 14.6. The van der Waals surface area contributed by atoms with Gasteiger partial charge in [-0.05, 0) is 115 Å². The third kappa shape index (κ3) is 7.45. The van der Waals surface area contributed by atoms with Crippen molar-refractivity contribution in [2.75, 3.05) is 39.3 Å². The molecule has 10 heteroatoms. The molecular formula is C36H50FN5O4. The average molecular weight is 636 g/mol. The summed E-state index contributed by atoms with van der Waals surface area (Å²) in [7, 11) is 0. The molecule has 1 aromatic carbocycles. The van der Waals surface area contributed by atoms with Crippen LogP contribution in [0.3, 0.4) is 0 Å². The number of nitrogens with zero attached hydrogens (tertiary/aromatic N) is 5. The minimum absolute atomic E-state index is 0.154. The first-order valence-corrected chi connectivity index (χ1v) is 16.7. The molecule has 2 aliphatic rings. The molecule has 1 unspecified atom stereocenters. The number of pyridine rings is 1. The number of aryl methyl sites for hydroxylation is 1. The first-order chi connectivity index (χ1) is 21.7. The van der Waals surface area contributed by atoms with E-state index in [4.69, 9.17) is 0 Å². The number of hydrogen-bond donors (Lipinski definition) is 2. The molecule has 250 valence electrons. The molecule has 46 heavy (non-hydrogen) atoms. The molecule has 2 saturated heterocycles. The quantitative estimate of drug-likeness (QED) is 0.338. The second-order valence-corrected chi connectivity index (χ2v) is 14.3. The molecule has 0 radical (unpaired) electrons. The summed E-state index contributed by atoms with van der Waals surface area (Å²) in [4.78, 5) is 36.7. The third-order valence-electron chi connectivity index (χ3n) is 9.59. The number of piperidine rings is 1. The van der Waals surface area contributed by atoms with E-state index in [0.29, 0.717) is 30.6 Å². The smallest absolute Gasteiger partial charge is 0.256 e. The predicted octanol–water partition coefficient (Wildman–Crippen LogP) is 4.58. The Morgan fingerprint density at radius 1 is 1.09 bits per heavy atom. The number of rotatable bonds is 10. The van der Waals surface area contributed by atoms with Gasteiger partial charge in [-0.2, -0.15) is 0 Å². The van der Waals surface area contributed by atoms with Crippen molar-refractivity contribution >= 4 is 22.7 Å². The van der Waals surface area contributed by atoms with E-state index in [1.54, 1.807) is 36.6 Å². The Balaban J connectivity index is 1.34. The molecule has 4 heterocycles. The Morgan fingerprint density at radius 3 is 2.43 bits per heavy atom. The van der Waals surface area contributed by atoms with Gasteiger partial charge in [-0.1, -0.05) is 0 Å². The van der Waals surface area contributed by atoms with Crippen molar-refractivity contribution in [1.82, 2.24) is 24.3 Å². The van der Waals surface area contributed by atoms with E-state index in [2.05, 4.69) is 23.0 Å². The van der Waals surface area contributed by atoms with Gasteiger partial charge in [0.1, 0.15) is 11.4 Å². The van der Waals surface area contributed by atoms with E-state index >= 15 is 0 Å². The van der Waals surface area contributed by atoms with Crippen LogP contribution in [0.25, 0.3) is 16.6 Å². The SMILES string of the molecule is Cc1cncc2c1c(C[C@@H]1CCN(CC3CCN(C(=O)C(C)(C)O)CC3)C1)cn2-c1ccc(F)cc1C(=O)N(CC(C)O)C(C)C. The summed E-state index contributed by atoms with van der Waals surface area (Å²) in [6, 6.07) is 4.16. The van der Waals surface area contributed by atoms with Crippen molar-refractivity contribution in [3.8, 4) is 5.69 Å². The first-order valence-electron chi connectivity index (χ1n) is 16.7. The molecule has 3 aromatic rings. The van der Waals surface area contributed by atoms with Gasteiger partial charge in [0.05, 0.1) is 29.1 Å². The monoisotopic (exact) mass is 635 g/mol. The Hall–Kier alpha value is -3.34. The topological polar surface area (TPSA) is 102 Å². The molecule has 0 spiro atoms. The number of hydrogen-bond acceptors (Lipinski definition) is 6. The lowest BCUT2D eigenvalue weighted by atomic mass is 9.94. The Bertz CT molecular complexity index is 1550. The van der Waals surface area contributed by atoms with Gasteiger partial charge in [0, 0.05) is 56.5 Å². The molecular weight excluding hydrogens is 585 g/mol. The van der Waals surface area contributed by atoms with Crippen LogP contribution in [0.1, 0.15) is 75.4 Å². The van der Waals surface area contributed by atoms with E-state index in [-0.39, 0.29) is 30.0 Å². The lowest BCUT2D eigenvalue weighted by Gasteiger charge is -2.36. The molecule has 2 atom stereocenters. The van der Waals surface area contributed by atoms with Gasteiger partial charge in [-0.3, -0.25) is 14.6 Å². The Kier molecular flexibility index (Phi) is 10.2. The zero-order valence-electron chi connectivity index (χ0n) is 28.2. The van der Waals surface area contributed by atoms with Crippen molar-refractivity contribution < 1.29 is 24.2 Å². The first kappa shape index (κ1) is 34.0. The van der Waals surface area contributed by atoms with Gasteiger partial charge in [-0.15, -0.1) is 0 Å². The highest BCUT2D eigenvalue weighted by Crippen LogP contribution is 2.33. The van der Waals surface area contributed by atoms with E-state index in [1.165, 1.54) is 17.7 Å². The van der Waals surface area contributed by atoms with Crippen LogP contribution in [0, 0.1) is 24.6 Å². The number of carbonyl (C=O) groups is 2. The third-order valence-corrected chi connectivity index (χ3v) is 9.59. The number of carbonyl (C=O) groups excluding carboxylic acids is 2. The van der Waals surface area contributed by atoms with E-state index in [0.717, 1.165) is 61.8 Å². The standard InChI is InChI=1S/C36H50FN5O4/c1-23(2)41(19-25(4)43)34(44)30-16-29(37)7-8-31(30)42-22-28(33-24(3)17-38-18-32(33)42)15-27-9-12-39(21-27)20-26-10-13-40(14-11-26)35(45)36(5,6)46/h7-8,16-18,22-23,25-27,43,46H,9-15,19-21H2,1-6H3/t25?,27-/m0/s1. The molecule has 2 N–H and O–H groups in total. The number of likely N-dealkylation sites (tertiary alicyclic amines) is 2. The van der Waals surface area contributed by atoms with Crippen molar-refractivity contribution in [3.05, 3.63) is 59.3 Å². The highest BCUT2D eigenvalue weighted by molar-refractivity contribution is 5.99. The van der Waals surface area contributed by atoms with Gasteiger partial charge in [0.15, 0.2) is 0 Å². The number of benzene rings is 1. The number of aliphatic hydroxyl groups excluding tert-OH is 1. The summed E-state index contributed by atoms with van der Waals surface area (Å²) in [5.41, 5.74) is 2.64. The summed E-state index contributed by atoms with van der Waals surface area (Å²) < 4.78 is 16.6. The van der Waals surface area contributed by atoms with Crippen LogP contribution in [0.2, 0.25) is 0 Å². The summed E-state index contributed by atoms with van der Waals surface area (Å²) >= 11 is 0. The minimum Gasteiger partial charge on any atom is -0.392 e. The van der Waals surface area contributed by atoms with E-state index < -0.39 is 17.5 Å². The lowest BCUT2D eigenvalue weighted by molar-refractivity contribution is -0.149.